The Labute approximate surface area is 83.5 Å². The molecule has 0 amide bonds. The molecular formula is C10H15N3O. The summed E-state index contributed by atoms with van der Waals surface area (Å²) in [5.74, 6) is 2.46. The van der Waals surface area contributed by atoms with Gasteiger partial charge in [-0.3, -0.25) is 0 Å². The number of methoxy groups -OCH3 is 1. The van der Waals surface area contributed by atoms with Crippen molar-refractivity contribution in [3.63, 3.8) is 0 Å². The van der Waals surface area contributed by atoms with Crippen LogP contribution in [0, 0.1) is 6.92 Å². The first-order valence-electron chi connectivity index (χ1n) is 4.90. The molecule has 1 aliphatic rings. The van der Waals surface area contributed by atoms with Gasteiger partial charge in [-0.05, 0) is 19.8 Å². The number of nitrogens with zero attached hydrogens (tertiary/aromatic N) is 2. The maximum Gasteiger partial charge on any atom is 0.182 e. The minimum Gasteiger partial charge on any atom is -0.491 e. The number of nitrogens with two attached hydrogens (primary N) is 1. The van der Waals surface area contributed by atoms with Crippen molar-refractivity contribution in [3.8, 4) is 5.75 Å². The number of hydrogen-bond donors (Lipinski definition) is 1. The van der Waals surface area contributed by atoms with E-state index in [1.807, 2.05) is 6.92 Å². The summed E-state index contributed by atoms with van der Waals surface area (Å²) in [6.07, 6.45) is 3.65. The first-order valence-corrected chi connectivity index (χ1v) is 4.90. The molecule has 76 valence electrons. The van der Waals surface area contributed by atoms with E-state index in [9.17, 15) is 0 Å². The average Bonchev–Trinajstić information content (AvgIpc) is 2.00. The molecule has 0 atom stereocenters. The van der Waals surface area contributed by atoms with Gasteiger partial charge in [-0.15, -0.1) is 0 Å². The van der Waals surface area contributed by atoms with Crippen LogP contribution in [0.2, 0.25) is 0 Å². The molecule has 4 nitrogen and oxygen atoms in total. The summed E-state index contributed by atoms with van der Waals surface area (Å²) in [5, 5.41) is 0. The van der Waals surface area contributed by atoms with Gasteiger partial charge in [0.15, 0.2) is 11.6 Å². The van der Waals surface area contributed by atoms with Crippen LogP contribution in [0.1, 0.15) is 36.7 Å². The Morgan fingerprint density at radius 3 is 2.50 bits per heavy atom. The number of hydrogen-bond acceptors (Lipinski definition) is 4. The second-order valence-electron chi connectivity index (χ2n) is 3.71. The van der Waals surface area contributed by atoms with Gasteiger partial charge in [-0.25, -0.2) is 9.97 Å². The third kappa shape index (κ3) is 1.41. The predicted octanol–water partition coefficient (Wildman–Crippen LogP) is 1.64. The van der Waals surface area contributed by atoms with E-state index in [-0.39, 0.29) is 0 Å². The molecule has 0 radical (unpaired) electrons. The Hall–Kier alpha value is -1.32. The molecule has 1 fully saturated rings. The highest BCUT2D eigenvalue weighted by atomic mass is 16.5. The highest BCUT2D eigenvalue weighted by Gasteiger charge is 2.23. The fraction of sp³-hybridized carbons (Fsp3) is 0.600. The molecule has 2 rings (SSSR count). The Bertz CT molecular complexity index is 324. The predicted molar refractivity (Wildman–Crippen MR) is 54.3 cm³/mol. The van der Waals surface area contributed by atoms with Crippen molar-refractivity contribution in [2.45, 2.75) is 32.1 Å². The molecule has 14 heavy (non-hydrogen) atoms. The number of rotatable bonds is 2. The highest BCUT2D eigenvalue weighted by Crippen LogP contribution is 2.36. The summed E-state index contributed by atoms with van der Waals surface area (Å²) < 4.78 is 5.11. The van der Waals surface area contributed by atoms with Crippen molar-refractivity contribution >= 4 is 5.82 Å². The van der Waals surface area contributed by atoms with Gasteiger partial charge in [0.25, 0.3) is 0 Å². The molecule has 0 aliphatic heterocycles. The summed E-state index contributed by atoms with van der Waals surface area (Å²) in [5.41, 5.74) is 6.61. The Kier molecular flexibility index (Phi) is 2.27. The second-order valence-corrected chi connectivity index (χ2v) is 3.71. The van der Waals surface area contributed by atoms with Crippen LogP contribution < -0.4 is 10.5 Å². The fourth-order valence-electron chi connectivity index (χ4n) is 1.71. The molecule has 1 aromatic heterocycles. The van der Waals surface area contributed by atoms with Crippen LogP contribution >= 0.6 is 0 Å². The number of nitrogen functional groups attached to an aromatic ring is 1. The number of aryl methyl sites for hydroxylation is 1. The van der Waals surface area contributed by atoms with Gasteiger partial charge in [0.1, 0.15) is 5.82 Å². The molecule has 0 unspecified atom stereocenters. The Balaban J connectivity index is 2.35. The second kappa shape index (κ2) is 3.44. The van der Waals surface area contributed by atoms with Crippen LogP contribution in [-0.4, -0.2) is 17.1 Å². The van der Waals surface area contributed by atoms with Crippen LogP contribution in [0.25, 0.3) is 0 Å². The Morgan fingerprint density at radius 1 is 1.36 bits per heavy atom. The zero-order valence-corrected chi connectivity index (χ0v) is 8.58. The topological polar surface area (TPSA) is 61.0 Å². The largest absolute Gasteiger partial charge is 0.491 e. The van der Waals surface area contributed by atoms with E-state index in [0.717, 1.165) is 11.5 Å². The average molecular weight is 193 g/mol. The molecule has 1 saturated carbocycles. The molecule has 4 heteroatoms. The monoisotopic (exact) mass is 193 g/mol. The molecule has 1 aliphatic carbocycles. The van der Waals surface area contributed by atoms with Crippen molar-refractivity contribution in [1.29, 1.82) is 0 Å². The van der Waals surface area contributed by atoms with Crippen LogP contribution in [0.5, 0.6) is 5.75 Å². The SMILES string of the molecule is COc1c(C)nc(C2CCC2)nc1N. The van der Waals surface area contributed by atoms with Gasteiger partial charge in [-0.1, -0.05) is 6.42 Å². The smallest absolute Gasteiger partial charge is 0.182 e. The zero-order chi connectivity index (χ0) is 10.1. The van der Waals surface area contributed by atoms with E-state index in [1.54, 1.807) is 7.11 Å². The first-order chi connectivity index (χ1) is 6.72. The first kappa shape index (κ1) is 9.24. The number of aromatic nitrogens is 2. The number of ether oxygens (including phenoxy) is 1. The van der Waals surface area contributed by atoms with Gasteiger partial charge in [0, 0.05) is 5.92 Å². The third-order valence-electron chi connectivity index (χ3n) is 2.75. The van der Waals surface area contributed by atoms with Crippen LogP contribution in [0.3, 0.4) is 0 Å². The molecular weight excluding hydrogens is 178 g/mol. The van der Waals surface area contributed by atoms with E-state index < -0.39 is 0 Å². The highest BCUT2D eigenvalue weighted by molar-refractivity contribution is 5.48. The van der Waals surface area contributed by atoms with Crippen LogP contribution in [0.4, 0.5) is 5.82 Å². The number of anilines is 1. The molecule has 0 spiro atoms. The lowest BCUT2D eigenvalue weighted by atomic mass is 9.85. The van der Waals surface area contributed by atoms with Crippen molar-refractivity contribution in [2.75, 3.05) is 12.8 Å². The van der Waals surface area contributed by atoms with Gasteiger partial charge in [0.05, 0.1) is 12.8 Å². The molecule has 1 heterocycles. The molecule has 0 saturated heterocycles. The quantitative estimate of drug-likeness (QED) is 0.775. The summed E-state index contributed by atoms with van der Waals surface area (Å²) in [6.45, 7) is 1.90. The third-order valence-corrected chi connectivity index (χ3v) is 2.75. The lowest BCUT2D eigenvalue weighted by Gasteiger charge is -2.24. The summed E-state index contributed by atoms with van der Waals surface area (Å²) in [6, 6.07) is 0. The summed E-state index contributed by atoms with van der Waals surface area (Å²) in [7, 11) is 1.59. The lowest BCUT2D eigenvalue weighted by Crippen LogP contribution is -2.15. The summed E-state index contributed by atoms with van der Waals surface area (Å²) >= 11 is 0. The molecule has 0 bridgehead atoms. The van der Waals surface area contributed by atoms with Gasteiger partial charge in [-0.2, -0.15) is 0 Å². The van der Waals surface area contributed by atoms with E-state index in [1.165, 1.54) is 19.3 Å². The zero-order valence-electron chi connectivity index (χ0n) is 8.58. The van der Waals surface area contributed by atoms with Gasteiger partial charge in [0.2, 0.25) is 0 Å². The van der Waals surface area contributed by atoms with E-state index >= 15 is 0 Å². The van der Waals surface area contributed by atoms with Gasteiger partial charge >= 0.3 is 0 Å². The van der Waals surface area contributed by atoms with Crippen LogP contribution in [-0.2, 0) is 0 Å². The van der Waals surface area contributed by atoms with Crippen molar-refractivity contribution in [2.24, 2.45) is 0 Å². The lowest BCUT2D eigenvalue weighted by molar-refractivity contribution is 0.388. The molecule has 0 aromatic carbocycles. The van der Waals surface area contributed by atoms with E-state index in [2.05, 4.69) is 9.97 Å². The van der Waals surface area contributed by atoms with E-state index in [4.69, 9.17) is 10.5 Å². The minimum absolute atomic E-state index is 0.460. The molecule has 2 N–H and O–H groups in total. The Morgan fingerprint density at radius 2 is 2.07 bits per heavy atom. The van der Waals surface area contributed by atoms with Crippen molar-refractivity contribution < 1.29 is 4.74 Å². The van der Waals surface area contributed by atoms with Crippen molar-refractivity contribution in [3.05, 3.63) is 11.5 Å². The minimum atomic E-state index is 0.460. The maximum atomic E-state index is 5.77. The van der Waals surface area contributed by atoms with Crippen LogP contribution in [0.15, 0.2) is 0 Å². The normalized spacial score (nSPS) is 16.4. The van der Waals surface area contributed by atoms with Gasteiger partial charge < -0.3 is 10.5 Å². The standard InChI is InChI=1S/C10H15N3O/c1-6-8(14-2)9(11)13-10(12-6)7-4-3-5-7/h7H,3-5H2,1-2H3,(H2,11,12,13). The van der Waals surface area contributed by atoms with E-state index in [0.29, 0.717) is 17.5 Å². The maximum absolute atomic E-state index is 5.77. The fourth-order valence-corrected chi connectivity index (χ4v) is 1.71. The summed E-state index contributed by atoms with van der Waals surface area (Å²) in [4.78, 5) is 8.68. The molecule has 1 aromatic rings. The van der Waals surface area contributed by atoms with Crippen molar-refractivity contribution in [1.82, 2.24) is 9.97 Å².